The van der Waals surface area contributed by atoms with Crippen LogP contribution in [0.2, 0.25) is 5.02 Å². The Balaban J connectivity index is 1.28. The van der Waals surface area contributed by atoms with E-state index in [-0.39, 0.29) is 41.2 Å². The Kier molecular flexibility index (Phi) is 6.55. The molecule has 0 spiro atoms. The summed E-state index contributed by atoms with van der Waals surface area (Å²) >= 11 is 6.00. The highest BCUT2D eigenvalue weighted by molar-refractivity contribution is 6.34. The van der Waals surface area contributed by atoms with E-state index in [0.29, 0.717) is 29.0 Å². The number of nitrogens with zero attached hydrogens (tertiary/aromatic N) is 2. The molecule has 172 valence electrons. The summed E-state index contributed by atoms with van der Waals surface area (Å²) in [5.41, 5.74) is 1.03. The minimum absolute atomic E-state index is 0.00986. The number of benzene rings is 3. The lowest BCUT2D eigenvalue weighted by Gasteiger charge is -2.14. The summed E-state index contributed by atoms with van der Waals surface area (Å²) in [5, 5.41) is 13.7. The summed E-state index contributed by atoms with van der Waals surface area (Å²) < 4.78 is 5.66. The fourth-order valence-corrected chi connectivity index (χ4v) is 3.69. The Bertz CT molecular complexity index is 1260. The fraction of sp³-hybridized carbons (Fsp3) is 0.125. The molecule has 1 N–H and O–H groups in total. The van der Waals surface area contributed by atoms with Gasteiger partial charge in [-0.25, -0.2) is 0 Å². The van der Waals surface area contributed by atoms with Crippen LogP contribution in [0.1, 0.15) is 37.5 Å². The van der Waals surface area contributed by atoms with Gasteiger partial charge in [0.1, 0.15) is 5.75 Å². The minimum atomic E-state index is -0.604. The smallest absolute Gasteiger partial charge is 0.270 e. The largest absolute Gasteiger partial charge is 0.494 e. The van der Waals surface area contributed by atoms with E-state index in [0.717, 1.165) is 6.07 Å². The number of carbonyl (C=O) groups excluding carboxylic acids is 3. The predicted molar refractivity (Wildman–Crippen MR) is 124 cm³/mol. The molecule has 0 unspecified atom stereocenters. The third-order valence-corrected chi connectivity index (χ3v) is 5.52. The van der Waals surface area contributed by atoms with Crippen molar-refractivity contribution < 1.29 is 24.0 Å². The molecule has 1 aliphatic heterocycles. The first-order valence-corrected chi connectivity index (χ1v) is 10.7. The Labute approximate surface area is 199 Å². The third-order valence-electron chi connectivity index (χ3n) is 5.19. The number of fused-ring (bicyclic) bond motifs is 1. The molecule has 3 aromatic rings. The van der Waals surface area contributed by atoms with E-state index in [9.17, 15) is 24.5 Å². The van der Waals surface area contributed by atoms with Crippen molar-refractivity contribution >= 4 is 40.7 Å². The molecule has 4 rings (SSSR count). The predicted octanol–water partition coefficient (Wildman–Crippen LogP) is 4.57. The van der Waals surface area contributed by atoms with Crippen molar-refractivity contribution in [2.45, 2.75) is 6.42 Å². The number of halogens is 1. The first-order valence-electron chi connectivity index (χ1n) is 10.3. The summed E-state index contributed by atoms with van der Waals surface area (Å²) in [6.45, 7) is 0.521. The quantitative estimate of drug-likeness (QED) is 0.219. The number of anilines is 1. The standard InChI is InChI=1S/C24H18ClN3O6/c25-21-11-8-16(28(32)33)14-20(21)22(29)26-15-6-9-17(10-7-15)34-13-3-12-27-23(30)18-4-1-2-5-19(18)24(27)31/h1-2,4-11,14H,3,12-13H2,(H,26,29). The Morgan fingerprint density at radius 1 is 1.00 bits per heavy atom. The molecule has 0 aliphatic carbocycles. The summed E-state index contributed by atoms with van der Waals surface area (Å²) in [6, 6.07) is 16.9. The molecule has 0 saturated heterocycles. The van der Waals surface area contributed by atoms with Crippen molar-refractivity contribution in [1.82, 2.24) is 4.90 Å². The van der Waals surface area contributed by atoms with Crippen LogP contribution in [-0.4, -0.2) is 40.7 Å². The lowest BCUT2D eigenvalue weighted by molar-refractivity contribution is -0.384. The number of imide groups is 1. The highest BCUT2D eigenvalue weighted by atomic mass is 35.5. The van der Waals surface area contributed by atoms with Crippen LogP contribution >= 0.6 is 11.6 Å². The van der Waals surface area contributed by atoms with Gasteiger partial charge in [0.2, 0.25) is 0 Å². The summed E-state index contributed by atoms with van der Waals surface area (Å²) in [6.07, 6.45) is 0.454. The van der Waals surface area contributed by atoms with E-state index in [4.69, 9.17) is 16.3 Å². The van der Waals surface area contributed by atoms with Gasteiger partial charge in [0.15, 0.2) is 0 Å². The van der Waals surface area contributed by atoms with Crippen LogP contribution in [0.5, 0.6) is 5.75 Å². The van der Waals surface area contributed by atoms with Crippen molar-refractivity contribution in [3.63, 3.8) is 0 Å². The average Bonchev–Trinajstić information content (AvgIpc) is 3.07. The van der Waals surface area contributed by atoms with E-state index in [1.807, 2.05) is 0 Å². The molecule has 0 radical (unpaired) electrons. The van der Waals surface area contributed by atoms with E-state index < -0.39 is 10.8 Å². The van der Waals surface area contributed by atoms with E-state index in [1.165, 1.54) is 17.0 Å². The fourth-order valence-electron chi connectivity index (χ4n) is 3.49. The van der Waals surface area contributed by atoms with Gasteiger partial charge in [-0.1, -0.05) is 23.7 Å². The van der Waals surface area contributed by atoms with Crippen molar-refractivity contribution in [1.29, 1.82) is 0 Å². The zero-order valence-corrected chi connectivity index (χ0v) is 18.4. The number of nitrogens with one attached hydrogen (secondary N) is 1. The van der Waals surface area contributed by atoms with Crippen molar-refractivity contribution in [3.05, 3.63) is 98.6 Å². The zero-order valence-electron chi connectivity index (χ0n) is 17.7. The Hall–Kier alpha value is -4.24. The van der Waals surface area contributed by atoms with Crippen LogP contribution in [0.15, 0.2) is 66.7 Å². The van der Waals surface area contributed by atoms with Crippen LogP contribution in [0.25, 0.3) is 0 Å². The van der Waals surface area contributed by atoms with Crippen LogP contribution in [0.3, 0.4) is 0 Å². The maximum Gasteiger partial charge on any atom is 0.270 e. The SMILES string of the molecule is O=C(Nc1ccc(OCCCN2C(=O)c3ccccc3C2=O)cc1)c1cc([N+](=O)[O-])ccc1Cl. The number of hydrogen-bond acceptors (Lipinski definition) is 6. The second-order valence-corrected chi connectivity index (χ2v) is 7.82. The average molecular weight is 480 g/mol. The van der Waals surface area contributed by atoms with E-state index in [1.54, 1.807) is 48.5 Å². The molecule has 34 heavy (non-hydrogen) atoms. The van der Waals surface area contributed by atoms with Gasteiger partial charge in [-0.2, -0.15) is 0 Å². The van der Waals surface area contributed by atoms with Crippen LogP contribution < -0.4 is 10.1 Å². The number of carbonyl (C=O) groups is 3. The Morgan fingerprint density at radius 2 is 1.65 bits per heavy atom. The molecule has 10 heteroatoms. The van der Waals surface area contributed by atoms with E-state index >= 15 is 0 Å². The summed E-state index contributed by atoms with van der Waals surface area (Å²) in [7, 11) is 0. The van der Waals surface area contributed by atoms with Crippen molar-refractivity contribution in [2.75, 3.05) is 18.5 Å². The molecular formula is C24H18ClN3O6. The van der Waals surface area contributed by atoms with Gasteiger partial charge >= 0.3 is 0 Å². The number of non-ortho nitro benzene ring substituents is 1. The van der Waals surface area contributed by atoms with Crippen LogP contribution in [-0.2, 0) is 0 Å². The number of hydrogen-bond donors (Lipinski definition) is 1. The van der Waals surface area contributed by atoms with E-state index in [2.05, 4.69) is 5.32 Å². The number of amides is 3. The normalized spacial score (nSPS) is 12.4. The highest BCUT2D eigenvalue weighted by Gasteiger charge is 2.34. The first kappa shape index (κ1) is 22.9. The van der Waals surface area contributed by atoms with Crippen LogP contribution in [0.4, 0.5) is 11.4 Å². The van der Waals surface area contributed by atoms with Gasteiger partial charge in [0, 0.05) is 24.4 Å². The van der Waals surface area contributed by atoms with Gasteiger partial charge in [-0.15, -0.1) is 0 Å². The molecule has 0 atom stereocenters. The lowest BCUT2D eigenvalue weighted by atomic mass is 10.1. The molecule has 0 bridgehead atoms. The van der Waals surface area contributed by atoms with Gasteiger partial charge in [-0.3, -0.25) is 29.4 Å². The van der Waals surface area contributed by atoms with Crippen molar-refractivity contribution in [2.24, 2.45) is 0 Å². The second-order valence-electron chi connectivity index (χ2n) is 7.41. The summed E-state index contributed by atoms with van der Waals surface area (Å²) in [5.74, 6) is -0.647. The van der Waals surface area contributed by atoms with Gasteiger partial charge in [0.05, 0.1) is 33.2 Å². The number of nitro benzene ring substituents is 1. The number of nitro groups is 1. The van der Waals surface area contributed by atoms with Gasteiger partial charge in [-0.05, 0) is 48.9 Å². The highest BCUT2D eigenvalue weighted by Crippen LogP contribution is 2.25. The molecule has 0 fully saturated rings. The topological polar surface area (TPSA) is 119 Å². The maximum atomic E-state index is 12.5. The maximum absolute atomic E-state index is 12.5. The summed E-state index contributed by atoms with van der Waals surface area (Å²) in [4.78, 5) is 48.7. The molecular weight excluding hydrogens is 462 g/mol. The molecule has 9 nitrogen and oxygen atoms in total. The second kappa shape index (κ2) is 9.72. The zero-order chi connectivity index (χ0) is 24.2. The molecule has 3 aromatic carbocycles. The van der Waals surface area contributed by atoms with Crippen molar-refractivity contribution in [3.8, 4) is 5.75 Å². The molecule has 0 saturated carbocycles. The van der Waals surface area contributed by atoms with Gasteiger partial charge < -0.3 is 10.1 Å². The third kappa shape index (κ3) is 4.74. The lowest BCUT2D eigenvalue weighted by Crippen LogP contribution is -2.31. The van der Waals surface area contributed by atoms with Gasteiger partial charge in [0.25, 0.3) is 23.4 Å². The monoisotopic (exact) mass is 479 g/mol. The molecule has 1 heterocycles. The minimum Gasteiger partial charge on any atom is -0.494 e. The molecule has 0 aromatic heterocycles. The molecule has 3 amide bonds. The Morgan fingerprint density at radius 3 is 2.26 bits per heavy atom. The number of ether oxygens (including phenoxy) is 1. The number of rotatable bonds is 8. The first-order chi connectivity index (χ1) is 16.3. The molecule has 1 aliphatic rings. The van der Waals surface area contributed by atoms with Crippen LogP contribution in [0, 0.1) is 10.1 Å².